The number of carbonyl (C=O) groups excluding carboxylic acids is 2. The number of ether oxygens (including phenoxy) is 5. The molecule has 0 aromatic heterocycles. The molecular weight excluding hydrogens is 478 g/mol. The van der Waals surface area contributed by atoms with E-state index in [4.69, 9.17) is 23.7 Å². The molecule has 9 nitrogen and oxygen atoms in total. The number of hydrogen-bond acceptors (Lipinski definition) is 9. The molecule has 202 valence electrons. The van der Waals surface area contributed by atoms with Crippen molar-refractivity contribution in [2.75, 3.05) is 34.1 Å². The van der Waals surface area contributed by atoms with E-state index in [1.807, 2.05) is 26.0 Å². The van der Waals surface area contributed by atoms with E-state index < -0.39 is 29.2 Å². The molecule has 0 bridgehead atoms. The molecule has 0 radical (unpaired) electrons. The van der Waals surface area contributed by atoms with Crippen LogP contribution in [0.4, 0.5) is 0 Å². The Bertz CT molecular complexity index is 1100. The second-order valence-electron chi connectivity index (χ2n) is 10.9. The Morgan fingerprint density at radius 2 is 1.95 bits per heavy atom. The first-order valence-electron chi connectivity index (χ1n) is 13.2. The van der Waals surface area contributed by atoms with Gasteiger partial charge >= 0.3 is 11.9 Å². The number of methoxy groups -OCH3 is 2. The monoisotopic (exact) mass is 515 g/mol. The predicted molar refractivity (Wildman–Crippen MR) is 133 cm³/mol. The summed E-state index contributed by atoms with van der Waals surface area (Å²) in [6, 6.07) is 4.02. The van der Waals surface area contributed by atoms with Gasteiger partial charge in [0.05, 0.1) is 25.7 Å². The van der Waals surface area contributed by atoms with Gasteiger partial charge in [-0.15, -0.1) is 0 Å². The summed E-state index contributed by atoms with van der Waals surface area (Å²) in [5.41, 5.74) is -0.682. The summed E-state index contributed by atoms with van der Waals surface area (Å²) in [5.74, 6) is -0.0566. The summed E-state index contributed by atoms with van der Waals surface area (Å²) in [4.78, 5) is 28.7. The molecule has 1 spiro atoms. The Hall–Kier alpha value is -2.78. The van der Waals surface area contributed by atoms with Gasteiger partial charge in [-0.3, -0.25) is 4.90 Å². The number of carbonyl (C=O) groups is 2. The number of aliphatic hydroxyl groups is 1. The number of rotatable bonds is 8. The number of nitrogens with zero attached hydrogens (tertiary/aromatic N) is 1. The van der Waals surface area contributed by atoms with Crippen molar-refractivity contribution < 1.29 is 38.4 Å². The molecule has 5 rings (SSSR count). The lowest BCUT2D eigenvalue weighted by Crippen LogP contribution is -2.52. The quantitative estimate of drug-likeness (QED) is 0.413. The van der Waals surface area contributed by atoms with E-state index in [1.165, 1.54) is 0 Å². The van der Waals surface area contributed by atoms with E-state index in [9.17, 15) is 14.7 Å². The van der Waals surface area contributed by atoms with Crippen molar-refractivity contribution in [3.05, 3.63) is 35.1 Å². The summed E-state index contributed by atoms with van der Waals surface area (Å²) in [7, 11) is 2.72. The minimum Gasteiger partial charge on any atom is -0.497 e. The third-order valence-corrected chi connectivity index (χ3v) is 8.38. The van der Waals surface area contributed by atoms with Crippen LogP contribution >= 0.6 is 0 Å². The van der Waals surface area contributed by atoms with Gasteiger partial charge in [-0.05, 0) is 73.9 Å². The highest BCUT2D eigenvalue weighted by Gasteiger charge is 2.59. The molecule has 1 saturated heterocycles. The van der Waals surface area contributed by atoms with Gasteiger partial charge in [0.1, 0.15) is 5.76 Å². The SMILES string of the molecule is COC(=O)C(O)(CCCC(C)C)C(=O)O[C@@H]1C(OC)=C[C@]23CCCN2CCc2cc4c(cc2[C@H]13)OCO4. The fourth-order valence-electron chi connectivity index (χ4n) is 6.53. The van der Waals surface area contributed by atoms with Crippen molar-refractivity contribution in [2.24, 2.45) is 5.92 Å². The van der Waals surface area contributed by atoms with Gasteiger partial charge in [0.2, 0.25) is 6.79 Å². The molecule has 0 amide bonds. The predicted octanol–water partition coefficient (Wildman–Crippen LogP) is 3.08. The Morgan fingerprint density at radius 1 is 1.19 bits per heavy atom. The third kappa shape index (κ3) is 4.26. The van der Waals surface area contributed by atoms with Crippen molar-refractivity contribution in [2.45, 2.75) is 75.5 Å². The maximum atomic E-state index is 13.6. The topological polar surface area (TPSA) is 104 Å². The molecule has 9 heteroatoms. The maximum absolute atomic E-state index is 13.6. The van der Waals surface area contributed by atoms with Crippen LogP contribution in [0.25, 0.3) is 0 Å². The summed E-state index contributed by atoms with van der Waals surface area (Å²) in [6.45, 7) is 6.03. The zero-order chi connectivity index (χ0) is 26.4. The molecule has 4 atom stereocenters. The maximum Gasteiger partial charge on any atom is 0.350 e. The molecule has 3 aliphatic heterocycles. The first-order chi connectivity index (χ1) is 17.7. The van der Waals surface area contributed by atoms with Crippen LogP contribution in [0.15, 0.2) is 24.0 Å². The van der Waals surface area contributed by atoms with E-state index in [2.05, 4.69) is 11.0 Å². The molecule has 1 N–H and O–H groups in total. The molecule has 4 aliphatic rings. The van der Waals surface area contributed by atoms with Gasteiger partial charge in [-0.1, -0.05) is 20.3 Å². The van der Waals surface area contributed by atoms with Crippen LogP contribution in [0, 0.1) is 5.92 Å². The Labute approximate surface area is 217 Å². The van der Waals surface area contributed by atoms with E-state index in [1.54, 1.807) is 7.11 Å². The van der Waals surface area contributed by atoms with Gasteiger partial charge in [0.25, 0.3) is 5.60 Å². The van der Waals surface area contributed by atoms with Crippen molar-refractivity contribution in [3.63, 3.8) is 0 Å². The lowest BCUT2D eigenvalue weighted by atomic mass is 9.77. The fourth-order valence-corrected chi connectivity index (χ4v) is 6.53. The van der Waals surface area contributed by atoms with Crippen molar-refractivity contribution >= 4 is 11.9 Å². The van der Waals surface area contributed by atoms with Crippen LogP contribution in [-0.4, -0.2) is 73.3 Å². The smallest absolute Gasteiger partial charge is 0.350 e. The lowest BCUT2D eigenvalue weighted by Gasteiger charge is -2.39. The number of benzene rings is 1. The molecule has 37 heavy (non-hydrogen) atoms. The van der Waals surface area contributed by atoms with E-state index >= 15 is 0 Å². The lowest BCUT2D eigenvalue weighted by molar-refractivity contribution is -0.187. The van der Waals surface area contributed by atoms with E-state index in [-0.39, 0.29) is 19.1 Å². The molecule has 1 unspecified atom stereocenters. The largest absolute Gasteiger partial charge is 0.497 e. The van der Waals surface area contributed by atoms with E-state index in [0.29, 0.717) is 29.6 Å². The number of hydrogen-bond donors (Lipinski definition) is 1. The molecule has 1 aromatic rings. The van der Waals surface area contributed by atoms with Crippen LogP contribution in [0.5, 0.6) is 11.5 Å². The fraction of sp³-hybridized carbons (Fsp3) is 0.643. The van der Waals surface area contributed by atoms with Crippen LogP contribution in [0.1, 0.15) is 63.0 Å². The van der Waals surface area contributed by atoms with Crippen molar-refractivity contribution in [1.82, 2.24) is 4.90 Å². The molecule has 1 aliphatic carbocycles. The van der Waals surface area contributed by atoms with Crippen LogP contribution in [0.3, 0.4) is 0 Å². The number of esters is 2. The van der Waals surface area contributed by atoms with Gasteiger partial charge in [0.15, 0.2) is 17.6 Å². The average Bonchev–Trinajstić information content (AvgIpc) is 3.56. The second-order valence-corrected chi connectivity index (χ2v) is 10.9. The first kappa shape index (κ1) is 25.9. The Morgan fingerprint density at radius 3 is 2.65 bits per heavy atom. The highest BCUT2D eigenvalue weighted by molar-refractivity contribution is 6.03. The highest BCUT2D eigenvalue weighted by Crippen LogP contribution is 2.55. The van der Waals surface area contributed by atoms with E-state index in [0.717, 1.165) is 57.0 Å². The molecule has 1 fully saturated rings. The zero-order valence-corrected chi connectivity index (χ0v) is 22.1. The van der Waals surface area contributed by atoms with Crippen LogP contribution in [0.2, 0.25) is 0 Å². The molecule has 1 aromatic carbocycles. The standard InChI is InChI=1S/C28H37NO8/c1-17(2)7-5-10-28(32,25(30)34-4)26(31)37-24-22(33-3)15-27-9-6-11-29(27)12-8-18-13-20-21(36-16-35-20)14-19(18)23(24)27/h13-15,17,23-24,32H,5-12,16H2,1-4H3/t23-,24-,27+,28?/m1/s1. The van der Waals surface area contributed by atoms with Crippen molar-refractivity contribution in [1.29, 1.82) is 0 Å². The van der Waals surface area contributed by atoms with Gasteiger partial charge < -0.3 is 28.8 Å². The Balaban J connectivity index is 1.53. The molecule has 0 saturated carbocycles. The summed E-state index contributed by atoms with van der Waals surface area (Å²) < 4.78 is 28.0. The van der Waals surface area contributed by atoms with Crippen LogP contribution in [-0.2, 0) is 30.2 Å². The highest BCUT2D eigenvalue weighted by atomic mass is 16.7. The average molecular weight is 516 g/mol. The van der Waals surface area contributed by atoms with Gasteiger partial charge in [0, 0.05) is 6.54 Å². The minimum absolute atomic E-state index is 0.0767. The second kappa shape index (κ2) is 9.83. The zero-order valence-electron chi connectivity index (χ0n) is 22.1. The normalized spacial score (nSPS) is 27.5. The van der Waals surface area contributed by atoms with Crippen molar-refractivity contribution in [3.8, 4) is 11.5 Å². The summed E-state index contributed by atoms with van der Waals surface area (Å²) >= 11 is 0. The van der Waals surface area contributed by atoms with Gasteiger partial charge in [-0.25, -0.2) is 9.59 Å². The first-order valence-corrected chi connectivity index (χ1v) is 13.2. The number of fused-ring (bicyclic) bond motifs is 3. The molecule has 3 heterocycles. The summed E-state index contributed by atoms with van der Waals surface area (Å²) in [5, 5.41) is 11.3. The third-order valence-electron chi connectivity index (χ3n) is 8.38. The molecular formula is C28H37NO8. The Kier molecular flexibility index (Phi) is 6.87. The summed E-state index contributed by atoms with van der Waals surface area (Å²) in [6.07, 6.45) is 5.11. The minimum atomic E-state index is -2.39. The van der Waals surface area contributed by atoms with Crippen LogP contribution < -0.4 is 9.47 Å². The van der Waals surface area contributed by atoms with Gasteiger partial charge in [-0.2, -0.15) is 0 Å².